The molecule has 31 heteroatoms. The summed E-state index contributed by atoms with van der Waals surface area (Å²) in [6, 6.07) is 9.71. The molecule has 0 aliphatic rings. The monoisotopic (exact) mass is 885 g/mol. The number of phenols is 1. The van der Waals surface area contributed by atoms with Crippen molar-refractivity contribution in [3.63, 3.8) is 0 Å². The zero-order valence-electron chi connectivity index (χ0n) is 32.8. The van der Waals surface area contributed by atoms with E-state index >= 15 is 0 Å². The molecule has 2 aromatic rings. The maximum Gasteiger partial charge on any atom is 0.272 e. The number of methoxy groups -OCH3 is 1. The number of aliphatic hydroxyl groups is 1. The lowest BCUT2D eigenvalue weighted by Gasteiger charge is -2.28. The number of aromatic hydroxyl groups is 1. The van der Waals surface area contributed by atoms with Crippen molar-refractivity contribution < 1.29 is 48.5 Å². The molecule has 0 fully saturated rings. The van der Waals surface area contributed by atoms with E-state index in [-0.39, 0.29) is 16.9 Å². The van der Waals surface area contributed by atoms with Gasteiger partial charge in [-0.25, -0.2) is 0 Å². The standard InChI is InChI=1S/C32H47N21O10/c1-63-13-7-8-14(54)12(9-13)10-43-27(61)28(62)44-15(11-5-3-2-4-6-11)22(56)46-19(51-30(37)38)24(58)48-21(53-32(41)42)26(60)49-20(52-31(39)40)25(59)47-18(50-29(35)36)23(57)45-16(33)17(34)55/h2-10,15-16,18-21,27,54,61H,33H2,1H3,(H2,34,55)(H,44,62)(H,45,57)(H,46,56)(H,47,59)(H,48,58)(H,49,60)(H4,35,36,50)(H4,37,38,51)(H4,39,40,52)(H4,41,42,53)/b43-10+. The van der Waals surface area contributed by atoms with E-state index in [1.807, 2.05) is 31.9 Å². The second-order valence-corrected chi connectivity index (χ2v) is 12.3. The fourth-order valence-electron chi connectivity index (χ4n) is 4.64. The van der Waals surface area contributed by atoms with E-state index in [1.165, 1.54) is 49.6 Å². The Kier molecular flexibility index (Phi) is 18.7. The molecular weight excluding hydrogens is 838 g/mol. The average Bonchev–Trinajstić information content (AvgIpc) is 3.20. The van der Waals surface area contributed by atoms with Crippen LogP contribution in [0.15, 0.2) is 53.5 Å². The molecule has 0 aliphatic carbocycles. The highest BCUT2D eigenvalue weighted by Crippen LogP contribution is 2.21. The van der Waals surface area contributed by atoms with Gasteiger partial charge in [-0.2, -0.15) is 0 Å². The van der Waals surface area contributed by atoms with Crippen molar-refractivity contribution in [2.75, 3.05) is 7.11 Å². The van der Waals surface area contributed by atoms with Gasteiger partial charge < -0.3 is 103 Å². The van der Waals surface area contributed by atoms with E-state index in [0.717, 1.165) is 6.21 Å². The molecule has 28 N–H and O–H groups in total. The Morgan fingerprint density at radius 3 is 1.41 bits per heavy atom. The molecule has 31 nitrogen and oxygen atoms in total. The number of guanidine groups is 4. The van der Waals surface area contributed by atoms with E-state index in [0.29, 0.717) is 5.75 Å². The van der Waals surface area contributed by atoms with Crippen LogP contribution in [-0.2, 0) is 33.6 Å². The number of carbonyl (C=O) groups excluding carboxylic acids is 7. The van der Waals surface area contributed by atoms with Gasteiger partial charge in [0.05, 0.1) is 7.11 Å². The molecule has 2 rings (SSSR count). The molecule has 0 saturated heterocycles. The molecule has 340 valence electrons. The summed E-state index contributed by atoms with van der Waals surface area (Å²) in [5.74, 6) is -12.7. The molecule has 0 saturated carbocycles. The first-order valence-corrected chi connectivity index (χ1v) is 17.4. The normalized spacial score (nSPS) is 13.9. The van der Waals surface area contributed by atoms with Gasteiger partial charge in [0.1, 0.15) is 17.5 Å². The van der Waals surface area contributed by atoms with Crippen LogP contribution < -0.4 is 92.3 Å². The minimum Gasteiger partial charge on any atom is -0.507 e. The third kappa shape index (κ3) is 16.6. The van der Waals surface area contributed by atoms with E-state index in [9.17, 15) is 43.8 Å². The van der Waals surface area contributed by atoms with Crippen molar-refractivity contribution in [2.45, 2.75) is 43.1 Å². The van der Waals surface area contributed by atoms with Gasteiger partial charge in [-0.05, 0) is 23.8 Å². The van der Waals surface area contributed by atoms with Crippen LogP contribution in [0.25, 0.3) is 0 Å². The van der Waals surface area contributed by atoms with E-state index in [4.69, 9.17) is 60.8 Å². The van der Waals surface area contributed by atoms with E-state index in [2.05, 4.69) is 26.3 Å². The lowest BCUT2D eigenvalue weighted by atomic mass is 10.1. The van der Waals surface area contributed by atoms with Gasteiger partial charge in [-0.3, -0.25) is 60.2 Å². The van der Waals surface area contributed by atoms with Crippen LogP contribution in [-0.4, -0.2) is 126 Å². The van der Waals surface area contributed by atoms with Crippen molar-refractivity contribution >= 4 is 71.4 Å². The molecule has 0 aliphatic heterocycles. The summed E-state index contributed by atoms with van der Waals surface area (Å²) in [5, 5.41) is 71.7. The second-order valence-electron chi connectivity index (χ2n) is 12.3. The smallest absolute Gasteiger partial charge is 0.272 e. The molecule has 0 radical (unpaired) electrons. The number of hydrogen-bond acceptors (Lipinski definition) is 16. The summed E-state index contributed by atoms with van der Waals surface area (Å²) in [4.78, 5) is 94.9. The summed E-state index contributed by atoms with van der Waals surface area (Å²) in [5.41, 5.74) is 32.1. The van der Waals surface area contributed by atoms with Gasteiger partial charge in [0.25, 0.3) is 35.4 Å². The Labute approximate surface area is 355 Å². The predicted octanol–water partition coefficient (Wildman–Crippen LogP) is -9.42. The van der Waals surface area contributed by atoms with Crippen molar-refractivity contribution in [1.82, 2.24) is 53.2 Å². The number of amides is 7. The molecule has 7 unspecified atom stereocenters. The molecular formula is C32H47N21O10. The Hall–Kier alpha value is -9.00. The maximum atomic E-state index is 13.8. The number of aliphatic imine (C=N–C) groups is 1. The van der Waals surface area contributed by atoms with Crippen molar-refractivity contribution in [3.05, 3.63) is 59.7 Å². The van der Waals surface area contributed by atoms with Gasteiger partial charge in [0.2, 0.25) is 12.1 Å². The molecule has 7 atom stereocenters. The molecule has 0 bridgehead atoms. The Balaban J connectivity index is 2.37. The largest absolute Gasteiger partial charge is 0.507 e. The van der Waals surface area contributed by atoms with Gasteiger partial charge >= 0.3 is 0 Å². The fraction of sp³-hybridized carbons (Fsp3) is 0.250. The number of aliphatic hydroxyl groups excluding tert-OH is 1. The highest BCUT2D eigenvalue weighted by atomic mass is 16.5. The van der Waals surface area contributed by atoms with Gasteiger partial charge in [-0.15, -0.1) is 0 Å². The Bertz CT molecular complexity index is 2100. The number of nitrogens with two attached hydrogens (primary N) is 6. The van der Waals surface area contributed by atoms with Crippen molar-refractivity contribution in [3.8, 4) is 11.5 Å². The number of benzene rings is 2. The number of rotatable bonds is 21. The lowest BCUT2D eigenvalue weighted by molar-refractivity contribution is -0.136. The summed E-state index contributed by atoms with van der Waals surface area (Å²) in [6.45, 7) is 0. The molecule has 0 spiro atoms. The molecule has 7 amide bonds. The van der Waals surface area contributed by atoms with Gasteiger partial charge in [0.15, 0.2) is 54.7 Å². The first-order valence-electron chi connectivity index (χ1n) is 17.4. The SMILES string of the molecule is COc1ccc(O)c(/C=N/C(O)C(=O)NC(C(=O)NC(NC(=N)N)C(=O)NC(NC(=N)N)C(=O)NC(NC(=N)N)C(=O)NC(NC(=N)N)C(=O)NC(N)C(N)=O)c2ccccc2)c1. The van der Waals surface area contributed by atoms with E-state index in [1.54, 1.807) is 6.07 Å². The third-order valence-electron chi connectivity index (χ3n) is 7.50. The zero-order chi connectivity index (χ0) is 47.6. The van der Waals surface area contributed by atoms with Crippen molar-refractivity contribution in [2.24, 2.45) is 39.4 Å². The third-order valence-corrected chi connectivity index (χ3v) is 7.50. The topological polar surface area (TPSA) is 553 Å². The second kappa shape index (κ2) is 23.6. The van der Waals surface area contributed by atoms with Gasteiger partial charge in [0, 0.05) is 11.8 Å². The Morgan fingerprint density at radius 2 is 1.02 bits per heavy atom. The van der Waals surface area contributed by atoms with Crippen molar-refractivity contribution in [1.29, 1.82) is 21.6 Å². The summed E-state index contributed by atoms with van der Waals surface area (Å²) in [7, 11) is 1.37. The molecule has 0 aromatic heterocycles. The van der Waals surface area contributed by atoms with Gasteiger partial charge in [-0.1, -0.05) is 30.3 Å². The first kappa shape index (κ1) is 50.1. The first-order chi connectivity index (χ1) is 29.5. The average molecular weight is 886 g/mol. The molecule has 2 aromatic carbocycles. The quantitative estimate of drug-likeness (QED) is 0.0314. The number of carbonyl (C=O) groups is 7. The van der Waals surface area contributed by atoms with Crippen LogP contribution in [0, 0.1) is 21.6 Å². The number of ether oxygens (including phenoxy) is 1. The van der Waals surface area contributed by atoms with Crippen LogP contribution in [0.5, 0.6) is 11.5 Å². The number of nitrogens with one attached hydrogen (secondary N) is 14. The summed E-state index contributed by atoms with van der Waals surface area (Å²) < 4.78 is 5.08. The Morgan fingerprint density at radius 1 is 0.603 bits per heavy atom. The number of phenolic OH excluding ortho intramolecular Hbond substituents is 1. The number of primary amides is 1. The lowest BCUT2D eigenvalue weighted by Crippen LogP contribution is -2.69. The fourth-order valence-corrected chi connectivity index (χ4v) is 4.64. The number of hydrogen-bond donors (Lipinski definition) is 22. The summed E-state index contributed by atoms with van der Waals surface area (Å²) >= 11 is 0. The van der Waals surface area contributed by atoms with Crippen LogP contribution in [0.3, 0.4) is 0 Å². The summed E-state index contributed by atoms with van der Waals surface area (Å²) in [6.07, 6.45) is -11.3. The molecule has 63 heavy (non-hydrogen) atoms. The number of nitrogens with zero attached hydrogens (tertiary/aromatic N) is 1. The van der Waals surface area contributed by atoms with E-state index < -0.39 is 108 Å². The maximum absolute atomic E-state index is 13.8. The van der Waals surface area contributed by atoms with Crippen LogP contribution in [0.2, 0.25) is 0 Å². The minimum absolute atomic E-state index is 0.0619. The molecule has 0 heterocycles. The highest BCUT2D eigenvalue weighted by Gasteiger charge is 2.34. The highest BCUT2D eigenvalue weighted by molar-refractivity contribution is 6.00. The minimum atomic E-state index is -2.15. The predicted molar refractivity (Wildman–Crippen MR) is 219 cm³/mol. The van der Waals surface area contributed by atoms with Crippen LogP contribution in [0.4, 0.5) is 0 Å². The zero-order valence-corrected chi connectivity index (χ0v) is 32.8. The van der Waals surface area contributed by atoms with Crippen LogP contribution >= 0.6 is 0 Å². The van der Waals surface area contributed by atoms with Crippen LogP contribution in [0.1, 0.15) is 17.2 Å².